The molecular formula is C16H19Cl2NO3. The van der Waals surface area contributed by atoms with Gasteiger partial charge in [0.2, 0.25) is 5.91 Å². The molecule has 0 aromatic heterocycles. The summed E-state index contributed by atoms with van der Waals surface area (Å²) in [5, 5.41) is 10.8. The van der Waals surface area contributed by atoms with E-state index < -0.39 is 0 Å². The molecule has 1 amide bonds. The van der Waals surface area contributed by atoms with Crippen molar-refractivity contribution >= 4 is 29.1 Å². The second-order valence-electron chi connectivity index (χ2n) is 6.03. The number of aliphatic hydroxyl groups is 1. The zero-order chi connectivity index (χ0) is 15.7. The van der Waals surface area contributed by atoms with E-state index in [1.165, 1.54) is 0 Å². The van der Waals surface area contributed by atoms with Crippen molar-refractivity contribution < 1.29 is 14.6 Å². The Balaban J connectivity index is 1.41. The molecule has 1 aliphatic heterocycles. The molecule has 0 spiro atoms. The molecule has 3 rings (SSSR count). The topological polar surface area (TPSA) is 49.8 Å². The third-order valence-electron chi connectivity index (χ3n) is 4.51. The van der Waals surface area contributed by atoms with Gasteiger partial charge in [0.05, 0.1) is 17.7 Å². The van der Waals surface area contributed by atoms with E-state index in [1.54, 1.807) is 18.2 Å². The first-order chi connectivity index (χ1) is 10.5. The molecule has 1 saturated heterocycles. The fourth-order valence-electron chi connectivity index (χ4n) is 3.37. The maximum atomic E-state index is 12.2. The summed E-state index contributed by atoms with van der Waals surface area (Å²) in [6.45, 7) is 1.15. The zero-order valence-electron chi connectivity index (χ0n) is 12.2. The second-order valence-corrected chi connectivity index (χ2v) is 6.87. The van der Waals surface area contributed by atoms with Gasteiger partial charge in [0, 0.05) is 29.9 Å². The largest absolute Gasteiger partial charge is 0.492 e. The molecule has 4 nitrogen and oxygen atoms in total. The third kappa shape index (κ3) is 3.34. The van der Waals surface area contributed by atoms with Crippen molar-refractivity contribution in [3.8, 4) is 5.75 Å². The van der Waals surface area contributed by atoms with Crippen LogP contribution in [0.2, 0.25) is 10.0 Å². The number of ether oxygens (including phenoxy) is 1. The molecule has 1 aromatic rings. The minimum atomic E-state index is -0.218. The Labute approximate surface area is 140 Å². The molecule has 22 heavy (non-hydrogen) atoms. The van der Waals surface area contributed by atoms with Crippen LogP contribution in [0, 0.1) is 5.92 Å². The Kier molecular flexibility index (Phi) is 4.81. The van der Waals surface area contributed by atoms with Gasteiger partial charge in [0.15, 0.2) is 0 Å². The lowest BCUT2D eigenvalue weighted by atomic mass is 10.1. The maximum absolute atomic E-state index is 12.2. The number of carbonyl (C=O) groups is 1. The van der Waals surface area contributed by atoms with Crippen LogP contribution >= 0.6 is 23.2 Å². The van der Waals surface area contributed by atoms with Crippen LogP contribution in [-0.2, 0) is 4.79 Å². The monoisotopic (exact) mass is 343 g/mol. The van der Waals surface area contributed by atoms with Crippen molar-refractivity contribution in [2.45, 2.75) is 37.8 Å². The quantitative estimate of drug-likeness (QED) is 0.835. The van der Waals surface area contributed by atoms with E-state index in [0.717, 1.165) is 12.8 Å². The van der Waals surface area contributed by atoms with E-state index in [9.17, 15) is 9.90 Å². The highest BCUT2D eigenvalue weighted by Gasteiger charge is 2.45. The molecule has 2 bridgehead atoms. The number of carbonyl (C=O) groups excluding carboxylic acids is 1. The fourth-order valence-corrected chi connectivity index (χ4v) is 3.84. The summed E-state index contributed by atoms with van der Waals surface area (Å²) in [4.78, 5) is 14.1. The van der Waals surface area contributed by atoms with Gasteiger partial charge in [0.25, 0.3) is 0 Å². The average Bonchev–Trinajstić information content (AvgIpc) is 3.04. The second kappa shape index (κ2) is 6.65. The Morgan fingerprint density at radius 2 is 2.18 bits per heavy atom. The van der Waals surface area contributed by atoms with Crippen LogP contribution in [0.3, 0.4) is 0 Å². The molecule has 2 aliphatic rings. The van der Waals surface area contributed by atoms with Gasteiger partial charge in [-0.25, -0.2) is 0 Å². The van der Waals surface area contributed by atoms with Crippen LogP contribution in [0.15, 0.2) is 18.2 Å². The van der Waals surface area contributed by atoms with Crippen molar-refractivity contribution in [1.29, 1.82) is 0 Å². The van der Waals surface area contributed by atoms with E-state index in [4.69, 9.17) is 27.9 Å². The number of benzene rings is 1. The lowest BCUT2D eigenvalue weighted by molar-refractivity contribution is -0.134. The molecule has 2 fully saturated rings. The lowest BCUT2D eigenvalue weighted by Gasteiger charge is -2.29. The van der Waals surface area contributed by atoms with Crippen molar-refractivity contribution in [3.63, 3.8) is 0 Å². The Hall–Kier alpha value is -0.970. The number of likely N-dealkylation sites (tertiary alicyclic amines) is 1. The highest BCUT2D eigenvalue weighted by molar-refractivity contribution is 6.35. The van der Waals surface area contributed by atoms with Gasteiger partial charge in [-0.1, -0.05) is 23.2 Å². The Bertz CT molecular complexity index is 564. The smallest absolute Gasteiger partial charge is 0.222 e. The molecule has 1 heterocycles. The first-order valence-corrected chi connectivity index (χ1v) is 8.35. The van der Waals surface area contributed by atoms with Gasteiger partial charge >= 0.3 is 0 Å². The SMILES string of the molecule is O=C(CCCOc1ccc(Cl)cc1Cl)N1CC2CC1CC2O. The van der Waals surface area contributed by atoms with Crippen molar-refractivity contribution in [1.82, 2.24) is 4.90 Å². The first kappa shape index (κ1) is 15.9. The number of piperidine rings is 1. The summed E-state index contributed by atoms with van der Waals surface area (Å²) in [6.07, 6.45) is 2.57. The molecule has 1 N–H and O–H groups in total. The molecule has 120 valence electrons. The molecule has 1 aromatic carbocycles. The third-order valence-corrected chi connectivity index (χ3v) is 5.04. The molecular weight excluding hydrogens is 325 g/mol. The Morgan fingerprint density at radius 3 is 2.82 bits per heavy atom. The summed E-state index contributed by atoms with van der Waals surface area (Å²) in [5.41, 5.74) is 0. The van der Waals surface area contributed by atoms with E-state index in [0.29, 0.717) is 41.8 Å². The van der Waals surface area contributed by atoms with Crippen molar-refractivity contribution in [2.75, 3.05) is 13.2 Å². The number of amides is 1. The zero-order valence-corrected chi connectivity index (χ0v) is 13.7. The minimum absolute atomic E-state index is 0.158. The van der Waals surface area contributed by atoms with E-state index >= 15 is 0 Å². The number of hydrogen-bond donors (Lipinski definition) is 1. The van der Waals surface area contributed by atoms with Crippen LogP contribution in [0.5, 0.6) is 5.75 Å². The molecule has 3 unspecified atom stereocenters. The Morgan fingerprint density at radius 1 is 1.36 bits per heavy atom. The molecule has 0 radical (unpaired) electrons. The van der Waals surface area contributed by atoms with E-state index in [-0.39, 0.29) is 24.0 Å². The normalized spacial score (nSPS) is 26.5. The number of aliphatic hydroxyl groups excluding tert-OH is 1. The van der Waals surface area contributed by atoms with Gasteiger partial charge in [-0.05, 0) is 37.5 Å². The summed E-state index contributed by atoms with van der Waals surface area (Å²) < 4.78 is 5.58. The van der Waals surface area contributed by atoms with Crippen molar-refractivity contribution in [2.24, 2.45) is 5.92 Å². The van der Waals surface area contributed by atoms with Gasteiger partial charge < -0.3 is 14.7 Å². The lowest BCUT2D eigenvalue weighted by Crippen LogP contribution is -2.41. The van der Waals surface area contributed by atoms with Crippen LogP contribution in [0.25, 0.3) is 0 Å². The summed E-state index contributed by atoms with van der Waals surface area (Å²) >= 11 is 11.8. The fraction of sp³-hybridized carbons (Fsp3) is 0.562. The molecule has 1 saturated carbocycles. The van der Waals surface area contributed by atoms with E-state index in [1.807, 2.05) is 4.90 Å². The van der Waals surface area contributed by atoms with Crippen LogP contribution in [0.1, 0.15) is 25.7 Å². The maximum Gasteiger partial charge on any atom is 0.222 e. The molecule has 6 heteroatoms. The van der Waals surface area contributed by atoms with Crippen LogP contribution < -0.4 is 4.74 Å². The predicted molar refractivity (Wildman–Crippen MR) is 85.4 cm³/mol. The minimum Gasteiger partial charge on any atom is -0.492 e. The number of rotatable bonds is 5. The number of fused-ring (bicyclic) bond motifs is 2. The number of hydrogen-bond acceptors (Lipinski definition) is 3. The summed E-state index contributed by atoms with van der Waals surface area (Å²) in [7, 11) is 0. The van der Waals surface area contributed by atoms with Crippen LogP contribution in [-0.4, -0.2) is 41.2 Å². The highest BCUT2D eigenvalue weighted by Crippen LogP contribution is 2.38. The number of nitrogens with zero attached hydrogens (tertiary/aromatic N) is 1. The first-order valence-electron chi connectivity index (χ1n) is 7.60. The summed E-state index contributed by atoms with van der Waals surface area (Å²) in [5.74, 6) is 1.02. The molecule has 3 atom stereocenters. The number of halogens is 2. The van der Waals surface area contributed by atoms with Crippen LogP contribution in [0.4, 0.5) is 0 Å². The van der Waals surface area contributed by atoms with Gasteiger partial charge in [0.1, 0.15) is 5.75 Å². The van der Waals surface area contributed by atoms with Gasteiger partial charge in [-0.2, -0.15) is 0 Å². The summed E-state index contributed by atoms with van der Waals surface area (Å²) in [6, 6.07) is 5.32. The highest BCUT2D eigenvalue weighted by atomic mass is 35.5. The standard InChI is InChI=1S/C16H19Cl2NO3/c17-11-3-4-15(13(18)7-11)22-5-1-2-16(21)19-9-10-6-12(19)8-14(10)20/h3-4,7,10,12,14,20H,1-2,5-6,8-9H2. The molecule has 1 aliphatic carbocycles. The van der Waals surface area contributed by atoms with Gasteiger partial charge in [-0.15, -0.1) is 0 Å². The van der Waals surface area contributed by atoms with E-state index in [2.05, 4.69) is 0 Å². The predicted octanol–water partition coefficient (Wildman–Crippen LogP) is 3.13. The van der Waals surface area contributed by atoms with Crippen molar-refractivity contribution in [3.05, 3.63) is 28.2 Å². The average molecular weight is 344 g/mol. The van der Waals surface area contributed by atoms with Gasteiger partial charge in [-0.3, -0.25) is 4.79 Å².